The SMILES string of the molecule is CCCS(=O)(=O)c1ccccc1CCc1nc(Nc2ccc3[nH]c(=O)oc3c2)ncc1C. The summed E-state index contributed by atoms with van der Waals surface area (Å²) >= 11 is 0. The fourth-order valence-corrected chi connectivity index (χ4v) is 5.20. The van der Waals surface area contributed by atoms with Crippen LogP contribution in [0.1, 0.15) is 30.2 Å². The number of hydrogen-bond acceptors (Lipinski definition) is 7. The van der Waals surface area contributed by atoms with Crippen LogP contribution >= 0.6 is 0 Å². The van der Waals surface area contributed by atoms with E-state index < -0.39 is 15.6 Å². The van der Waals surface area contributed by atoms with Crippen LogP contribution in [-0.2, 0) is 22.7 Å². The number of aromatic nitrogens is 3. The van der Waals surface area contributed by atoms with Crippen LogP contribution in [0, 0.1) is 6.92 Å². The molecule has 0 atom stereocenters. The quantitative estimate of drug-likeness (QED) is 0.416. The molecule has 0 bridgehead atoms. The van der Waals surface area contributed by atoms with Gasteiger partial charge >= 0.3 is 5.76 Å². The molecule has 0 saturated carbocycles. The molecule has 0 fully saturated rings. The summed E-state index contributed by atoms with van der Waals surface area (Å²) in [5.74, 6) is 0.0398. The predicted molar refractivity (Wildman–Crippen MR) is 123 cm³/mol. The molecular weight excluding hydrogens is 428 g/mol. The Morgan fingerprint density at radius 2 is 1.94 bits per heavy atom. The van der Waals surface area contributed by atoms with Crippen molar-refractivity contribution >= 4 is 32.6 Å². The van der Waals surface area contributed by atoms with Gasteiger partial charge in [0.15, 0.2) is 15.4 Å². The van der Waals surface area contributed by atoms with Crippen molar-refractivity contribution in [3.63, 3.8) is 0 Å². The second kappa shape index (κ2) is 8.96. The average Bonchev–Trinajstić information content (AvgIpc) is 3.13. The molecule has 2 aromatic carbocycles. The second-order valence-corrected chi connectivity index (χ2v) is 9.68. The number of nitrogens with zero attached hydrogens (tertiary/aromatic N) is 2. The number of sulfone groups is 1. The van der Waals surface area contributed by atoms with E-state index in [1.165, 1.54) is 0 Å². The Morgan fingerprint density at radius 1 is 1.12 bits per heavy atom. The normalized spacial score (nSPS) is 11.7. The van der Waals surface area contributed by atoms with Gasteiger partial charge in [0.05, 0.1) is 16.2 Å². The molecule has 4 aromatic rings. The summed E-state index contributed by atoms with van der Waals surface area (Å²) < 4.78 is 30.3. The lowest BCUT2D eigenvalue weighted by molar-refractivity contribution is 0.555. The highest BCUT2D eigenvalue weighted by Crippen LogP contribution is 2.22. The number of H-pyrrole nitrogens is 1. The Balaban J connectivity index is 1.54. The van der Waals surface area contributed by atoms with Crippen molar-refractivity contribution < 1.29 is 12.8 Å². The number of nitrogens with one attached hydrogen (secondary N) is 2. The molecule has 0 spiro atoms. The number of benzene rings is 2. The van der Waals surface area contributed by atoms with E-state index in [1.54, 1.807) is 36.5 Å². The summed E-state index contributed by atoms with van der Waals surface area (Å²) in [6, 6.07) is 12.4. The van der Waals surface area contributed by atoms with Crippen LogP contribution in [0.15, 0.2) is 62.8 Å². The molecular formula is C23H24N4O4S. The van der Waals surface area contributed by atoms with Crippen LogP contribution in [0.25, 0.3) is 11.1 Å². The second-order valence-electron chi connectivity index (χ2n) is 7.60. The number of oxazole rings is 1. The molecule has 0 aliphatic rings. The number of rotatable bonds is 8. The summed E-state index contributed by atoms with van der Waals surface area (Å²) in [6.07, 6.45) is 3.44. The van der Waals surface area contributed by atoms with Gasteiger partial charge in [0.2, 0.25) is 5.95 Å². The fraction of sp³-hybridized carbons (Fsp3) is 0.261. The molecule has 9 heteroatoms. The standard InChI is InChI=1S/C23H24N4O4S/c1-3-12-32(29,30)21-7-5-4-6-16(21)8-10-18-15(2)14-24-22(26-18)25-17-9-11-19-20(13-17)31-23(28)27-19/h4-7,9,11,13-14H,3,8,10,12H2,1-2H3,(H,27,28)(H,24,25,26). The van der Waals surface area contributed by atoms with E-state index in [0.717, 1.165) is 16.8 Å². The zero-order valence-corrected chi connectivity index (χ0v) is 18.7. The van der Waals surface area contributed by atoms with Crippen LogP contribution in [0.4, 0.5) is 11.6 Å². The maximum Gasteiger partial charge on any atom is 0.417 e. The lowest BCUT2D eigenvalue weighted by atomic mass is 10.1. The lowest BCUT2D eigenvalue weighted by Crippen LogP contribution is -2.10. The highest BCUT2D eigenvalue weighted by atomic mass is 32.2. The van der Waals surface area contributed by atoms with E-state index in [9.17, 15) is 13.2 Å². The van der Waals surface area contributed by atoms with Gasteiger partial charge in [-0.15, -0.1) is 0 Å². The van der Waals surface area contributed by atoms with Crippen molar-refractivity contribution in [3.05, 3.63) is 76.0 Å². The zero-order valence-electron chi connectivity index (χ0n) is 17.9. The van der Waals surface area contributed by atoms with Gasteiger partial charge in [-0.2, -0.15) is 0 Å². The molecule has 0 radical (unpaired) electrons. The Kier molecular flexibility index (Phi) is 6.09. The van der Waals surface area contributed by atoms with Crippen molar-refractivity contribution in [3.8, 4) is 0 Å². The maximum absolute atomic E-state index is 12.6. The van der Waals surface area contributed by atoms with Gasteiger partial charge in [0.25, 0.3) is 0 Å². The van der Waals surface area contributed by atoms with E-state index in [0.29, 0.717) is 46.9 Å². The minimum Gasteiger partial charge on any atom is -0.408 e. The lowest BCUT2D eigenvalue weighted by Gasteiger charge is -2.12. The first-order valence-corrected chi connectivity index (χ1v) is 12.0. The Labute approximate surface area is 185 Å². The first-order chi connectivity index (χ1) is 15.4. The first-order valence-electron chi connectivity index (χ1n) is 10.4. The molecule has 2 N–H and O–H groups in total. The summed E-state index contributed by atoms with van der Waals surface area (Å²) in [6.45, 7) is 3.79. The molecule has 0 unspecified atom stereocenters. The molecule has 166 valence electrons. The van der Waals surface area contributed by atoms with Crippen molar-refractivity contribution in [2.24, 2.45) is 0 Å². The molecule has 2 heterocycles. The maximum atomic E-state index is 12.6. The monoisotopic (exact) mass is 452 g/mol. The number of aryl methyl sites for hydroxylation is 3. The van der Waals surface area contributed by atoms with E-state index in [4.69, 9.17) is 4.42 Å². The number of anilines is 2. The summed E-state index contributed by atoms with van der Waals surface area (Å²) in [7, 11) is -3.30. The Bertz CT molecular complexity index is 1420. The predicted octanol–water partition coefficient (Wildman–Crippen LogP) is 3.93. The molecule has 0 aliphatic heterocycles. The molecule has 0 aliphatic carbocycles. The Hall–Kier alpha value is -3.46. The summed E-state index contributed by atoms with van der Waals surface area (Å²) in [5.41, 5.74) is 4.29. The summed E-state index contributed by atoms with van der Waals surface area (Å²) in [5, 5.41) is 3.13. The highest BCUT2D eigenvalue weighted by molar-refractivity contribution is 7.91. The summed E-state index contributed by atoms with van der Waals surface area (Å²) in [4.78, 5) is 23.3. The van der Waals surface area contributed by atoms with Gasteiger partial charge in [-0.3, -0.25) is 4.98 Å². The highest BCUT2D eigenvalue weighted by Gasteiger charge is 2.17. The molecule has 8 nitrogen and oxygen atoms in total. The van der Waals surface area contributed by atoms with Crippen LogP contribution in [0.3, 0.4) is 0 Å². The minimum absolute atomic E-state index is 0.135. The first kappa shape index (κ1) is 21.8. The van der Waals surface area contributed by atoms with Gasteiger partial charge in [0.1, 0.15) is 0 Å². The topological polar surface area (TPSA) is 118 Å². The van der Waals surface area contributed by atoms with Crippen LogP contribution in [0.5, 0.6) is 0 Å². The van der Waals surface area contributed by atoms with Crippen molar-refractivity contribution in [2.45, 2.75) is 38.0 Å². The van der Waals surface area contributed by atoms with Gasteiger partial charge < -0.3 is 9.73 Å². The van der Waals surface area contributed by atoms with Crippen molar-refractivity contribution in [1.29, 1.82) is 0 Å². The number of hydrogen-bond donors (Lipinski definition) is 2. The van der Waals surface area contributed by atoms with Crippen molar-refractivity contribution in [2.75, 3.05) is 11.1 Å². The fourth-order valence-electron chi connectivity index (χ4n) is 3.59. The zero-order chi connectivity index (χ0) is 22.7. The molecule has 0 saturated heterocycles. The van der Waals surface area contributed by atoms with Crippen LogP contribution in [0.2, 0.25) is 0 Å². The van der Waals surface area contributed by atoms with E-state index in [1.807, 2.05) is 26.0 Å². The number of aromatic amines is 1. The van der Waals surface area contributed by atoms with E-state index in [2.05, 4.69) is 20.3 Å². The third-order valence-corrected chi connectivity index (χ3v) is 7.18. The van der Waals surface area contributed by atoms with Gasteiger partial charge in [-0.05, 0) is 55.5 Å². The minimum atomic E-state index is -3.30. The van der Waals surface area contributed by atoms with Gasteiger partial charge in [-0.1, -0.05) is 25.1 Å². The van der Waals surface area contributed by atoms with Crippen LogP contribution in [-0.4, -0.2) is 29.1 Å². The molecule has 0 amide bonds. The third-order valence-electron chi connectivity index (χ3n) is 5.17. The molecule has 32 heavy (non-hydrogen) atoms. The largest absolute Gasteiger partial charge is 0.417 e. The average molecular weight is 453 g/mol. The molecule has 2 aromatic heterocycles. The Morgan fingerprint density at radius 3 is 2.75 bits per heavy atom. The van der Waals surface area contributed by atoms with E-state index >= 15 is 0 Å². The smallest absolute Gasteiger partial charge is 0.408 e. The van der Waals surface area contributed by atoms with Crippen molar-refractivity contribution in [1.82, 2.24) is 15.0 Å². The van der Waals surface area contributed by atoms with Crippen LogP contribution < -0.4 is 11.1 Å². The number of fused-ring (bicyclic) bond motifs is 1. The van der Waals surface area contributed by atoms with E-state index in [-0.39, 0.29) is 5.75 Å². The molecule has 4 rings (SSSR count). The third kappa shape index (κ3) is 4.72. The van der Waals surface area contributed by atoms with Gasteiger partial charge in [-0.25, -0.2) is 23.2 Å². The van der Waals surface area contributed by atoms with Gasteiger partial charge in [0, 0.05) is 23.6 Å².